The summed E-state index contributed by atoms with van der Waals surface area (Å²) in [5.74, 6) is 0. The standard InChI is InChI=1S/C20H22N2/c21-14-16-8-10-17(11-9-16)15-22-13-12-19-6-3-5-18-4-1-2-7-20(18)19/h1-11,22H,12-15,21H2. The fourth-order valence-electron chi connectivity index (χ4n) is 2.76. The minimum atomic E-state index is 0.606. The molecule has 0 aromatic heterocycles. The van der Waals surface area contributed by atoms with E-state index in [1.807, 2.05) is 0 Å². The average Bonchev–Trinajstić information content (AvgIpc) is 2.59. The Hall–Kier alpha value is -2.16. The molecule has 0 atom stereocenters. The van der Waals surface area contributed by atoms with Gasteiger partial charge in [0.25, 0.3) is 0 Å². The molecule has 3 aromatic rings. The molecule has 0 bridgehead atoms. The third-order valence-corrected chi connectivity index (χ3v) is 4.04. The summed E-state index contributed by atoms with van der Waals surface area (Å²) in [7, 11) is 0. The van der Waals surface area contributed by atoms with Gasteiger partial charge in [0.05, 0.1) is 0 Å². The van der Waals surface area contributed by atoms with Gasteiger partial charge < -0.3 is 11.1 Å². The maximum Gasteiger partial charge on any atom is 0.0205 e. The number of hydrogen-bond donors (Lipinski definition) is 2. The van der Waals surface area contributed by atoms with Crippen LogP contribution in [0.3, 0.4) is 0 Å². The highest BCUT2D eigenvalue weighted by Crippen LogP contribution is 2.18. The lowest BCUT2D eigenvalue weighted by Gasteiger charge is -2.08. The van der Waals surface area contributed by atoms with Gasteiger partial charge in [-0.1, -0.05) is 66.7 Å². The zero-order valence-electron chi connectivity index (χ0n) is 12.8. The number of nitrogens with two attached hydrogens (primary N) is 1. The molecule has 3 aromatic carbocycles. The highest BCUT2D eigenvalue weighted by molar-refractivity contribution is 5.85. The first-order valence-corrected chi connectivity index (χ1v) is 7.82. The number of fused-ring (bicyclic) bond motifs is 1. The van der Waals surface area contributed by atoms with E-state index in [9.17, 15) is 0 Å². The van der Waals surface area contributed by atoms with Crippen molar-refractivity contribution in [1.29, 1.82) is 0 Å². The summed E-state index contributed by atoms with van der Waals surface area (Å²) in [6, 6.07) is 23.6. The van der Waals surface area contributed by atoms with E-state index in [1.54, 1.807) is 0 Å². The normalized spacial score (nSPS) is 11.0. The molecule has 0 aliphatic heterocycles. The molecule has 0 aliphatic rings. The zero-order valence-corrected chi connectivity index (χ0v) is 12.8. The highest BCUT2D eigenvalue weighted by Gasteiger charge is 2.00. The van der Waals surface area contributed by atoms with Crippen LogP contribution in [0.5, 0.6) is 0 Å². The van der Waals surface area contributed by atoms with E-state index in [0.29, 0.717) is 6.54 Å². The van der Waals surface area contributed by atoms with Gasteiger partial charge in [0.2, 0.25) is 0 Å². The van der Waals surface area contributed by atoms with Crippen LogP contribution >= 0.6 is 0 Å². The molecule has 0 amide bonds. The Labute approximate surface area is 132 Å². The summed E-state index contributed by atoms with van der Waals surface area (Å²) in [5.41, 5.74) is 9.50. The Morgan fingerprint density at radius 3 is 2.32 bits per heavy atom. The van der Waals surface area contributed by atoms with Crippen molar-refractivity contribution in [3.8, 4) is 0 Å². The number of rotatable bonds is 6. The second-order valence-corrected chi connectivity index (χ2v) is 5.59. The molecule has 2 nitrogen and oxygen atoms in total. The second kappa shape index (κ2) is 7.21. The van der Waals surface area contributed by atoms with E-state index >= 15 is 0 Å². The predicted molar refractivity (Wildman–Crippen MR) is 93.7 cm³/mol. The Kier molecular flexibility index (Phi) is 4.84. The van der Waals surface area contributed by atoms with Gasteiger partial charge >= 0.3 is 0 Å². The van der Waals surface area contributed by atoms with E-state index in [0.717, 1.165) is 19.5 Å². The van der Waals surface area contributed by atoms with Crippen molar-refractivity contribution in [1.82, 2.24) is 5.32 Å². The van der Waals surface area contributed by atoms with Crippen molar-refractivity contribution in [3.63, 3.8) is 0 Å². The van der Waals surface area contributed by atoms with Gasteiger partial charge in [0.15, 0.2) is 0 Å². The molecule has 0 saturated carbocycles. The quantitative estimate of drug-likeness (QED) is 0.680. The molecule has 0 unspecified atom stereocenters. The number of nitrogens with one attached hydrogen (secondary N) is 1. The molecule has 3 N–H and O–H groups in total. The smallest absolute Gasteiger partial charge is 0.0205 e. The third-order valence-electron chi connectivity index (χ3n) is 4.04. The average molecular weight is 290 g/mol. The van der Waals surface area contributed by atoms with E-state index in [-0.39, 0.29) is 0 Å². The van der Waals surface area contributed by atoms with Crippen LogP contribution in [0.1, 0.15) is 16.7 Å². The van der Waals surface area contributed by atoms with Gasteiger partial charge in [-0.15, -0.1) is 0 Å². The van der Waals surface area contributed by atoms with Gasteiger partial charge in [0.1, 0.15) is 0 Å². The Morgan fingerprint density at radius 2 is 1.50 bits per heavy atom. The molecule has 0 spiro atoms. The summed E-state index contributed by atoms with van der Waals surface area (Å²) in [6.45, 7) is 2.48. The fourth-order valence-corrected chi connectivity index (χ4v) is 2.76. The van der Waals surface area contributed by atoms with Crippen LogP contribution in [0, 0.1) is 0 Å². The number of benzene rings is 3. The first-order chi connectivity index (χ1) is 10.9. The lowest BCUT2D eigenvalue weighted by atomic mass is 10.0. The molecule has 3 rings (SSSR count). The maximum atomic E-state index is 5.62. The van der Waals surface area contributed by atoms with Crippen LogP contribution in [0.4, 0.5) is 0 Å². The van der Waals surface area contributed by atoms with E-state index in [4.69, 9.17) is 5.73 Å². The summed E-state index contributed by atoms with van der Waals surface area (Å²) >= 11 is 0. The molecular formula is C20H22N2. The first kappa shape index (κ1) is 14.8. The molecule has 0 aliphatic carbocycles. The van der Waals surface area contributed by atoms with Crippen LogP contribution in [-0.2, 0) is 19.5 Å². The molecule has 0 fully saturated rings. The van der Waals surface area contributed by atoms with Crippen molar-refractivity contribution in [2.75, 3.05) is 6.54 Å². The maximum absolute atomic E-state index is 5.62. The third kappa shape index (κ3) is 3.53. The molecular weight excluding hydrogens is 268 g/mol. The van der Waals surface area contributed by atoms with Crippen molar-refractivity contribution in [3.05, 3.63) is 83.4 Å². The summed E-state index contributed by atoms with van der Waals surface area (Å²) in [4.78, 5) is 0. The topological polar surface area (TPSA) is 38.0 Å². The molecule has 0 saturated heterocycles. The van der Waals surface area contributed by atoms with E-state index < -0.39 is 0 Å². The Bertz CT molecular complexity index is 727. The van der Waals surface area contributed by atoms with E-state index in [2.05, 4.69) is 72.0 Å². The monoisotopic (exact) mass is 290 g/mol. The van der Waals surface area contributed by atoms with Crippen molar-refractivity contribution in [2.24, 2.45) is 5.73 Å². The van der Waals surface area contributed by atoms with Gasteiger partial charge in [-0.05, 0) is 40.4 Å². The van der Waals surface area contributed by atoms with E-state index in [1.165, 1.54) is 27.5 Å². The molecule has 22 heavy (non-hydrogen) atoms. The minimum absolute atomic E-state index is 0.606. The molecule has 2 heteroatoms. The predicted octanol–water partition coefficient (Wildman–Crippen LogP) is 3.63. The largest absolute Gasteiger partial charge is 0.326 e. The summed E-state index contributed by atoms with van der Waals surface area (Å²) in [6.07, 6.45) is 1.04. The van der Waals surface area contributed by atoms with Crippen molar-refractivity contribution >= 4 is 10.8 Å². The van der Waals surface area contributed by atoms with Crippen LogP contribution in [0.25, 0.3) is 10.8 Å². The summed E-state index contributed by atoms with van der Waals surface area (Å²) in [5, 5.41) is 6.20. The van der Waals surface area contributed by atoms with Gasteiger partial charge in [-0.25, -0.2) is 0 Å². The van der Waals surface area contributed by atoms with Gasteiger partial charge in [0, 0.05) is 13.1 Å². The van der Waals surface area contributed by atoms with Gasteiger partial charge in [-0.3, -0.25) is 0 Å². The Morgan fingerprint density at radius 1 is 0.773 bits per heavy atom. The molecule has 112 valence electrons. The zero-order chi connectivity index (χ0) is 15.2. The molecule has 0 heterocycles. The first-order valence-electron chi connectivity index (χ1n) is 7.82. The van der Waals surface area contributed by atoms with Crippen molar-refractivity contribution in [2.45, 2.75) is 19.5 Å². The minimum Gasteiger partial charge on any atom is -0.326 e. The summed E-state index contributed by atoms with van der Waals surface area (Å²) < 4.78 is 0. The fraction of sp³-hybridized carbons (Fsp3) is 0.200. The van der Waals surface area contributed by atoms with Crippen molar-refractivity contribution < 1.29 is 0 Å². The van der Waals surface area contributed by atoms with Crippen LogP contribution < -0.4 is 11.1 Å². The Balaban J connectivity index is 1.56. The lowest BCUT2D eigenvalue weighted by molar-refractivity contribution is 0.688. The van der Waals surface area contributed by atoms with Gasteiger partial charge in [-0.2, -0.15) is 0 Å². The number of hydrogen-bond acceptors (Lipinski definition) is 2. The van der Waals surface area contributed by atoms with Crippen LogP contribution in [0.15, 0.2) is 66.7 Å². The lowest BCUT2D eigenvalue weighted by Crippen LogP contribution is -2.16. The SMILES string of the molecule is NCc1ccc(CNCCc2cccc3ccccc23)cc1. The second-order valence-electron chi connectivity index (χ2n) is 5.59. The van der Waals surface area contributed by atoms with Crippen LogP contribution in [0.2, 0.25) is 0 Å². The molecule has 0 radical (unpaired) electrons. The highest BCUT2D eigenvalue weighted by atomic mass is 14.8. The van der Waals surface area contributed by atoms with Crippen LogP contribution in [-0.4, -0.2) is 6.54 Å².